The Morgan fingerprint density at radius 2 is 2.14 bits per heavy atom. The number of hydrogen-bond acceptors (Lipinski definition) is 3. The molecule has 1 aromatic rings. The summed E-state index contributed by atoms with van der Waals surface area (Å²) in [4.78, 5) is 13.7. The highest BCUT2D eigenvalue weighted by molar-refractivity contribution is 6.31. The van der Waals surface area contributed by atoms with Crippen LogP contribution in [0.25, 0.3) is 0 Å². The molecule has 4 nitrogen and oxygen atoms in total. The van der Waals surface area contributed by atoms with Crippen LogP contribution in [0.3, 0.4) is 0 Å². The summed E-state index contributed by atoms with van der Waals surface area (Å²) in [5.74, 6) is -0.680. The Morgan fingerprint density at radius 1 is 1.48 bits per heavy atom. The van der Waals surface area contributed by atoms with E-state index in [0.717, 1.165) is 18.7 Å². The number of carboxylic acid groups (broad SMARTS) is 1. The van der Waals surface area contributed by atoms with Crippen LogP contribution in [-0.4, -0.2) is 29.1 Å². The maximum Gasteiger partial charge on any atom is 0.309 e. The average molecular weight is 307 g/mol. The van der Waals surface area contributed by atoms with Gasteiger partial charge in [0.25, 0.3) is 0 Å². The molecule has 0 amide bonds. The maximum absolute atomic E-state index is 11.4. The summed E-state index contributed by atoms with van der Waals surface area (Å²) in [6, 6.07) is 7.38. The largest absolute Gasteiger partial charge is 0.481 e. The molecule has 5 heteroatoms. The fraction of sp³-hybridized carbons (Fsp3) is 0.500. The molecule has 0 bridgehead atoms. The summed E-state index contributed by atoms with van der Waals surface area (Å²) >= 11 is 6.19. The molecule has 0 saturated carbocycles. The van der Waals surface area contributed by atoms with Crippen molar-refractivity contribution in [1.29, 1.82) is 5.26 Å². The second kappa shape index (κ2) is 6.46. The van der Waals surface area contributed by atoms with Crippen LogP contribution in [0.4, 0.5) is 0 Å². The topological polar surface area (TPSA) is 64.3 Å². The predicted octanol–water partition coefficient (Wildman–Crippen LogP) is 3.29. The number of carbonyl (C=O) groups is 1. The molecule has 0 aromatic heterocycles. The quantitative estimate of drug-likeness (QED) is 0.927. The summed E-state index contributed by atoms with van der Waals surface area (Å²) in [5.41, 5.74) is 0.971. The van der Waals surface area contributed by atoms with Crippen LogP contribution in [0.5, 0.6) is 0 Å². The molecule has 0 radical (unpaired) electrons. The van der Waals surface area contributed by atoms with Gasteiger partial charge in [0.05, 0.1) is 17.0 Å². The van der Waals surface area contributed by atoms with Gasteiger partial charge in [0.15, 0.2) is 0 Å². The minimum absolute atomic E-state index is 0.554. The second-order valence-corrected chi connectivity index (χ2v) is 6.04. The van der Waals surface area contributed by atoms with Crippen molar-refractivity contribution < 1.29 is 9.90 Å². The number of piperidine rings is 1. The normalized spacial score (nSPS) is 18.1. The van der Waals surface area contributed by atoms with Gasteiger partial charge in [-0.15, -0.1) is 0 Å². The van der Waals surface area contributed by atoms with Crippen LogP contribution in [0.2, 0.25) is 5.02 Å². The zero-order chi connectivity index (χ0) is 15.5. The van der Waals surface area contributed by atoms with E-state index in [0.29, 0.717) is 36.4 Å². The van der Waals surface area contributed by atoms with E-state index < -0.39 is 11.4 Å². The van der Waals surface area contributed by atoms with E-state index in [4.69, 9.17) is 16.9 Å². The first kappa shape index (κ1) is 15.8. The molecule has 1 aliphatic heterocycles. The molecular formula is C16H19ClN2O2. The van der Waals surface area contributed by atoms with Crippen LogP contribution < -0.4 is 0 Å². The van der Waals surface area contributed by atoms with E-state index in [1.165, 1.54) is 0 Å². The van der Waals surface area contributed by atoms with Gasteiger partial charge in [-0.3, -0.25) is 9.69 Å². The molecule has 1 aromatic carbocycles. The number of rotatable bonds is 4. The fourth-order valence-electron chi connectivity index (χ4n) is 2.84. The minimum Gasteiger partial charge on any atom is -0.481 e. The SMILES string of the molecule is CCC1(C(=O)O)CCN(Cc2ccc(C#N)cc2Cl)CC1. The van der Waals surface area contributed by atoms with Crippen LogP contribution in [-0.2, 0) is 11.3 Å². The third-order valence-corrected chi connectivity index (χ3v) is 4.87. The minimum atomic E-state index is -0.680. The van der Waals surface area contributed by atoms with Crippen molar-refractivity contribution in [3.63, 3.8) is 0 Å². The Morgan fingerprint density at radius 3 is 2.62 bits per heavy atom. The van der Waals surface area contributed by atoms with Crippen LogP contribution >= 0.6 is 11.6 Å². The lowest BCUT2D eigenvalue weighted by atomic mass is 9.76. The number of benzene rings is 1. The van der Waals surface area contributed by atoms with E-state index in [2.05, 4.69) is 11.0 Å². The van der Waals surface area contributed by atoms with Crippen molar-refractivity contribution in [3.8, 4) is 6.07 Å². The smallest absolute Gasteiger partial charge is 0.309 e. The molecule has 1 heterocycles. The van der Waals surface area contributed by atoms with Gasteiger partial charge in [0, 0.05) is 11.6 Å². The molecule has 0 unspecified atom stereocenters. The van der Waals surface area contributed by atoms with Crippen molar-refractivity contribution in [2.75, 3.05) is 13.1 Å². The number of halogens is 1. The predicted molar refractivity (Wildman–Crippen MR) is 81.0 cm³/mol. The molecule has 1 aliphatic rings. The molecule has 0 spiro atoms. The Labute approximate surface area is 129 Å². The van der Waals surface area contributed by atoms with Gasteiger partial charge < -0.3 is 5.11 Å². The first-order valence-corrected chi connectivity index (χ1v) is 7.53. The summed E-state index contributed by atoms with van der Waals surface area (Å²) in [7, 11) is 0. The van der Waals surface area contributed by atoms with Gasteiger partial charge >= 0.3 is 5.97 Å². The number of nitriles is 1. The average Bonchev–Trinajstić information content (AvgIpc) is 2.50. The third-order valence-electron chi connectivity index (χ3n) is 4.52. The highest BCUT2D eigenvalue weighted by Crippen LogP contribution is 2.35. The lowest BCUT2D eigenvalue weighted by molar-refractivity contribution is -0.152. The third kappa shape index (κ3) is 3.37. The van der Waals surface area contributed by atoms with Crippen molar-refractivity contribution >= 4 is 17.6 Å². The molecule has 1 saturated heterocycles. The second-order valence-electron chi connectivity index (χ2n) is 5.63. The zero-order valence-corrected chi connectivity index (χ0v) is 12.9. The monoisotopic (exact) mass is 306 g/mol. The Hall–Kier alpha value is -1.57. The lowest BCUT2D eigenvalue weighted by Gasteiger charge is -2.38. The van der Waals surface area contributed by atoms with Crippen molar-refractivity contribution in [3.05, 3.63) is 34.3 Å². The van der Waals surface area contributed by atoms with E-state index in [1.54, 1.807) is 12.1 Å². The van der Waals surface area contributed by atoms with Gasteiger partial charge in [-0.05, 0) is 50.0 Å². The molecule has 1 N–H and O–H groups in total. The molecule has 1 fully saturated rings. The van der Waals surface area contributed by atoms with Crippen LogP contribution in [0.1, 0.15) is 37.3 Å². The summed E-state index contributed by atoms with van der Waals surface area (Å²) < 4.78 is 0. The fourth-order valence-corrected chi connectivity index (χ4v) is 3.08. The van der Waals surface area contributed by atoms with Gasteiger partial charge in [-0.2, -0.15) is 5.26 Å². The highest BCUT2D eigenvalue weighted by atomic mass is 35.5. The van der Waals surface area contributed by atoms with Crippen molar-refractivity contribution in [2.24, 2.45) is 5.41 Å². The van der Waals surface area contributed by atoms with E-state index in [9.17, 15) is 9.90 Å². The van der Waals surface area contributed by atoms with Crippen molar-refractivity contribution in [2.45, 2.75) is 32.7 Å². The van der Waals surface area contributed by atoms with Crippen molar-refractivity contribution in [1.82, 2.24) is 4.90 Å². The maximum atomic E-state index is 11.4. The van der Waals surface area contributed by atoms with Gasteiger partial charge in [-0.25, -0.2) is 0 Å². The van der Waals surface area contributed by atoms with Gasteiger partial charge in [0.1, 0.15) is 0 Å². The molecule has 112 valence electrons. The van der Waals surface area contributed by atoms with E-state index in [-0.39, 0.29) is 0 Å². The first-order valence-electron chi connectivity index (χ1n) is 7.15. The van der Waals surface area contributed by atoms with Gasteiger partial charge in [0.2, 0.25) is 0 Å². The Kier molecular flexibility index (Phi) is 4.87. The molecule has 2 rings (SSSR count). The van der Waals surface area contributed by atoms with Gasteiger partial charge in [-0.1, -0.05) is 24.6 Å². The standard InChI is InChI=1S/C16H19ClN2O2/c1-2-16(15(20)21)5-7-19(8-6-16)11-13-4-3-12(10-18)9-14(13)17/h3-4,9H,2,5-8,11H2,1H3,(H,20,21). The number of aliphatic carboxylic acids is 1. The molecule has 0 aliphatic carbocycles. The lowest BCUT2D eigenvalue weighted by Crippen LogP contribution is -2.43. The summed E-state index contributed by atoms with van der Waals surface area (Å²) in [6.45, 7) is 4.16. The number of carboxylic acids is 1. The van der Waals surface area contributed by atoms with Crippen LogP contribution in [0.15, 0.2) is 18.2 Å². The number of hydrogen-bond donors (Lipinski definition) is 1. The number of nitrogens with zero attached hydrogens (tertiary/aromatic N) is 2. The summed E-state index contributed by atoms with van der Waals surface area (Å²) in [6.07, 6.45) is 2.02. The highest BCUT2D eigenvalue weighted by Gasteiger charge is 2.39. The number of likely N-dealkylation sites (tertiary alicyclic amines) is 1. The molecule has 0 atom stereocenters. The molecule has 21 heavy (non-hydrogen) atoms. The first-order chi connectivity index (χ1) is 10.0. The Bertz CT molecular complexity index is 572. The zero-order valence-electron chi connectivity index (χ0n) is 12.1. The van der Waals surface area contributed by atoms with E-state index in [1.807, 2.05) is 13.0 Å². The van der Waals surface area contributed by atoms with Crippen LogP contribution in [0, 0.1) is 16.7 Å². The Balaban J connectivity index is 2.01. The van der Waals surface area contributed by atoms with E-state index >= 15 is 0 Å². The molecular weight excluding hydrogens is 288 g/mol. The summed E-state index contributed by atoms with van der Waals surface area (Å²) in [5, 5.41) is 18.8.